The molecule has 2 aromatic rings. The molecule has 2 rings (SSSR count). The number of primary amides is 1. The number of hydrogen-bond acceptors (Lipinski definition) is 5. The number of rotatable bonds is 7. The van der Waals surface area contributed by atoms with Gasteiger partial charge in [0.25, 0.3) is 5.91 Å². The highest BCUT2D eigenvalue weighted by atomic mass is 19.2. The lowest BCUT2D eigenvalue weighted by molar-refractivity contribution is -0.119. The highest BCUT2D eigenvalue weighted by Gasteiger charge is 2.17. The third-order valence-electron chi connectivity index (χ3n) is 3.05. The van der Waals surface area contributed by atoms with Gasteiger partial charge in [0.15, 0.2) is 30.6 Å². The molecule has 6 nitrogen and oxygen atoms in total. The minimum atomic E-state index is -1.18. The summed E-state index contributed by atoms with van der Waals surface area (Å²) in [5.74, 6) is -4.52. The van der Waals surface area contributed by atoms with E-state index in [2.05, 4.69) is 0 Å². The maximum absolute atomic E-state index is 13.1. The molecule has 0 heterocycles. The minimum absolute atomic E-state index is 0.0122. The Morgan fingerprint density at radius 1 is 0.960 bits per heavy atom. The molecule has 0 aliphatic heterocycles. The van der Waals surface area contributed by atoms with Gasteiger partial charge in [0.05, 0.1) is 0 Å². The summed E-state index contributed by atoms with van der Waals surface area (Å²) in [4.78, 5) is 34.7. The molecule has 1 amide bonds. The van der Waals surface area contributed by atoms with Crippen LogP contribution in [0.2, 0.25) is 0 Å². The van der Waals surface area contributed by atoms with E-state index in [1.807, 2.05) is 0 Å². The third-order valence-corrected chi connectivity index (χ3v) is 3.05. The second kappa shape index (κ2) is 8.00. The van der Waals surface area contributed by atoms with Crippen molar-refractivity contribution in [2.75, 3.05) is 13.2 Å². The molecule has 0 saturated heterocycles. The van der Waals surface area contributed by atoms with Crippen LogP contribution in [0.1, 0.15) is 20.7 Å². The lowest BCUT2D eigenvalue weighted by atomic mass is 10.1. The van der Waals surface area contributed by atoms with Crippen LogP contribution in [0.4, 0.5) is 8.78 Å². The van der Waals surface area contributed by atoms with Gasteiger partial charge in [-0.1, -0.05) is 12.1 Å². The Kier molecular flexibility index (Phi) is 5.78. The molecule has 8 heteroatoms. The van der Waals surface area contributed by atoms with Crippen LogP contribution in [0, 0.1) is 11.6 Å². The predicted molar refractivity (Wildman–Crippen MR) is 82.1 cm³/mol. The Balaban J connectivity index is 2.03. The molecule has 130 valence electrons. The molecule has 0 bridgehead atoms. The number of Topliss-reactive ketones (excluding diaryl/α,β-unsaturated/α-hetero) is 1. The van der Waals surface area contributed by atoms with Crippen molar-refractivity contribution in [2.45, 2.75) is 0 Å². The number of carbonyl (C=O) groups excluding carboxylic acids is 3. The monoisotopic (exact) mass is 349 g/mol. The minimum Gasteiger partial charge on any atom is -0.483 e. The number of halogens is 2. The Morgan fingerprint density at radius 3 is 2.36 bits per heavy atom. The summed E-state index contributed by atoms with van der Waals surface area (Å²) in [6, 6.07) is 8.51. The lowest BCUT2D eigenvalue weighted by Gasteiger charge is -2.10. The molecular formula is C17H13F2NO5. The fourth-order valence-corrected chi connectivity index (χ4v) is 1.87. The standard InChI is InChI=1S/C17H13F2NO5/c18-12-6-5-10(7-13(12)19)14(21)8-25-17(23)11-3-1-2-4-15(11)24-9-16(20)22/h1-7H,8-9H2,(H2,20,22). The SMILES string of the molecule is NC(=O)COc1ccccc1C(=O)OCC(=O)c1ccc(F)c(F)c1. The van der Waals surface area contributed by atoms with Crippen molar-refractivity contribution >= 4 is 17.7 Å². The topological polar surface area (TPSA) is 95.7 Å². The zero-order valence-electron chi connectivity index (χ0n) is 12.8. The lowest BCUT2D eigenvalue weighted by Crippen LogP contribution is -2.21. The molecule has 0 radical (unpaired) electrons. The van der Waals surface area contributed by atoms with Gasteiger partial charge in [0.1, 0.15) is 11.3 Å². The Hall–Kier alpha value is -3.29. The summed E-state index contributed by atoms with van der Waals surface area (Å²) >= 11 is 0. The summed E-state index contributed by atoms with van der Waals surface area (Å²) in [5, 5.41) is 0. The maximum Gasteiger partial charge on any atom is 0.342 e. The van der Waals surface area contributed by atoms with E-state index in [1.54, 1.807) is 6.07 Å². The average molecular weight is 349 g/mol. The summed E-state index contributed by atoms with van der Waals surface area (Å²) in [6.45, 7) is -1.11. The van der Waals surface area contributed by atoms with Crippen molar-refractivity contribution in [1.29, 1.82) is 0 Å². The van der Waals surface area contributed by atoms with E-state index in [0.717, 1.165) is 18.2 Å². The van der Waals surface area contributed by atoms with E-state index >= 15 is 0 Å². The number of ether oxygens (including phenoxy) is 2. The first kappa shape index (κ1) is 18.1. The van der Waals surface area contributed by atoms with Crippen LogP contribution in [0.25, 0.3) is 0 Å². The summed E-state index contributed by atoms with van der Waals surface area (Å²) in [5.41, 5.74) is 4.82. The van der Waals surface area contributed by atoms with Crippen molar-refractivity contribution in [1.82, 2.24) is 0 Å². The normalized spacial score (nSPS) is 10.2. The van der Waals surface area contributed by atoms with Gasteiger partial charge in [0.2, 0.25) is 0 Å². The van der Waals surface area contributed by atoms with Crippen molar-refractivity contribution in [3.63, 3.8) is 0 Å². The maximum atomic E-state index is 13.1. The quantitative estimate of drug-likeness (QED) is 0.608. The van der Waals surface area contributed by atoms with E-state index in [4.69, 9.17) is 15.2 Å². The Labute approximate surface area is 141 Å². The second-order valence-corrected chi connectivity index (χ2v) is 4.88. The van der Waals surface area contributed by atoms with E-state index in [9.17, 15) is 23.2 Å². The number of hydrogen-bond donors (Lipinski definition) is 1. The zero-order chi connectivity index (χ0) is 18.4. The predicted octanol–water partition coefficient (Wildman–Crippen LogP) is 1.87. The zero-order valence-corrected chi connectivity index (χ0v) is 12.8. The fraction of sp³-hybridized carbons (Fsp3) is 0.118. The van der Waals surface area contributed by atoms with Crippen LogP contribution < -0.4 is 10.5 Å². The number of esters is 1. The van der Waals surface area contributed by atoms with Crippen molar-refractivity contribution in [2.24, 2.45) is 5.73 Å². The van der Waals surface area contributed by atoms with Crippen molar-refractivity contribution < 1.29 is 32.6 Å². The smallest absolute Gasteiger partial charge is 0.342 e. The van der Waals surface area contributed by atoms with Crippen LogP contribution in [0.15, 0.2) is 42.5 Å². The van der Waals surface area contributed by atoms with Crippen molar-refractivity contribution in [3.8, 4) is 5.75 Å². The molecule has 2 N–H and O–H groups in total. The molecule has 0 saturated carbocycles. The first-order valence-electron chi connectivity index (χ1n) is 7.04. The number of benzene rings is 2. The van der Waals surface area contributed by atoms with Crippen LogP contribution in [-0.2, 0) is 9.53 Å². The Morgan fingerprint density at radius 2 is 1.68 bits per heavy atom. The number of ketones is 1. The molecule has 0 aliphatic carbocycles. The van der Waals surface area contributed by atoms with Gasteiger partial charge in [-0.2, -0.15) is 0 Å². The molecule has 0 spiro atoms. The average Bonchev–Trinajstić information content (AvgIpc) is 2.60. The first-order valence-corrected chi connectivity index (χ1v) is 7.04. The van der Waals surface area contributed by atoms with E-state index in [0.29, 0.717) is 0 Å². The third kappa shape index (κ3) is 4.84. The molecule has 0 aromatic heterocycles. The van der Waals surface area contributed by atoms with Crippen LogP contribution >= 0.6 is 0 Å². The molecule has 2 aromatic carbocycles. The highest BCUT2D eigenvalue weighted by molar-refractivity contribution is 6.00. The molecule has 0 atom stereocenters. The molecule has 0 fully saturated rings. The van der Waals surface area contributed by atoms with Crippen LogP contribution in [0.5, 0.6) is 5.75 Å². The van der Waals surface area contributed by atoms with Gasteiger partial charge in [-0.3, -0.25) is 9.59 Å². The van der Waals surface area contributed by atoms with E-state index < -0.39 is 42.5 Å². The molecule has 0 aliphatic rings. The fourth-order valence-electron chi connectivity index (χ4n) is 1.87. The first-order chi connectivity index (χ1) is 11.9. The van der Waals surface area contributed by atoms with E-state index in [1.165, 1.54) is 18.2 Å². The van der Waals surface area contributed by atoms with Gasteiger partial charge >= 0.3 is 5.97 Å². The second-order valence-electron chi connectivity index (χ2n) is 4.88. The van der Waals surface area contributed by atoms with Gasteiger partial charge < -0.3 is 15.2 Å². The van der Waals surface area contributed by atoms with Gasteiger partial charge in [0, 0.05) is 5.56 Å². The van der Waals surface area contributed by atoms with Gasteiger partial charge in [-0.05, 0) is 30.3 Å². The summed E-state index contributed by atoms with van der Waals surface area (Å²) in [7, 11) is 0. The molecule has 0 unspecified atom stereocenters. The number of para-hydroxylation sites is 1. The van der Waals surface area contributed by atoms with E-state index in [-0.39, 0.29) is 16.9 Å². The van der Waals surface area contributed by atoms with Crippen molar-refractivity contribution in [3.05, 3.63) is 65.2 Å². The number of amides is 1. The van der Waals surface area contributed by atoms with Gasteiger partial charge in [-0.25, -0.2) is 13.6 Å². The number of carbonyl (C=O) groups is 3. The molecule has 25 heavy (non-hydrogen) atoms. The largest absolute Gasteiger partial charge is 0.483 e. The van der Waals surface area contributed by atoms with Crippen LogP contribution in [0.3, 0.4) is 0 Å². The molecular weight excluding hydrogens is 336 g/mol. The summed E-state index contributed by atoms with van der Waals surface area (Å²) < 4.78 is 35.9. The summed E-state index contributed by atoms with van der Waals surface area (Å²) in [6.07, 6.45) is 0. The van der Waals surface area contributed by atoms with Crippen LogP contribution in [-0.4, -0.2) is 30.9 Å². The Bertz CT molecular complexity index is 822. The number of nitrogens with two attached hydrogens (primary N) is 1. The highest BCUT2D eigenvalue weighted by Crippen LogP contribution is 2.19. The van der Waals surface area contributed by atoms with Gasteiger partial charge in [-0.15, -0.1) is 0 Å².